The molecule has 1 aromatic carbocycles. The maximum atomic E-state index is 13.0. The fraction of sp³-hybridized carbons (Fsp3) is 0.500. The molecule has 29 heavy (non-hydrogen) atoms. The van der Waals surface area contributed by atoms with Crippen LogP contribution in [0.4, 0.5) is 5.69 Å². The highest BCUT2D eigenvalue weighted by atomic mass is 32.2. The molecule has 1 heterocycles. The SMILES string of the molecule is O=C(Nc1cccc(S(=O)(=O)N2CCOCC2)c1)[C@@H]1[C@H](C(=O)O)[C@H]2C=C[C@H]1CC2. The molecule has 2 N–H and O–H groups in total. The molecule has 4 atom stereocenters. The summed E-state index contributed by atoms with van der Waals surface area (Å²) in [6.45, 7) is 1.28. The van der Waals surface area contributed by atoms with Gasteiger partial charge in [-0.1, -0.05) is 18.2 Å². The van der Waals surface area contributed by atoms with Gasteiger partial charge in [0.1, 0.15) is 0 Å². The van der Waals surface area contributed by atoms with Crippen LogP contribution < -0.4 is 5.32 Å². The van der Waals surface area contributed by atoms with E-state index in [1.54, 1.807) is 12.1 Å². The standard InChI is InChI=1S/C20H24N2O6S/c23-19(17-13-4-6-14(7-5-13)18(17)20(24)25)21-15-2-1-3-16(12-15)29(26,27)22-8-10-28-11-9-22/h1-4,6,12-14,17-18H,5,7-11H2,(H,21,23)(H,24,25)/t13-,14-,17-,18+/m0/s1. The van der Waals surface area contributed by atoms with Gasteiger partial charge in [0.2, 0.25) is 15.9 Å². The zero-order valence-electron chi connectivity index (χ0n) is 15.9. The Bertz CT molecular complexity index is 938. The molecule has 2 fully saturated rings. The lowest BCUT2D eigenvalue weighted by molar-refractivity contribution is -0.151. The molecule has 0 aromatic heterocycles. The molecule has 0 unspecified atom stereocenters. The minimum atomic E-state index is -3.68. The van der Waals surface area contributed by atoms with Crippen molar-refractivity contribution >= 4 is 27.6 Å². The minimum absolute atomic E-state index is 0.0945. The molecule has 3 aliphatic carbocycles. The molecule has 1 aliphatic heterocycles. The van der Waals surface area contributed by atoms with Crippen molar-refractivity contribution < 1.29 is 27.9 Å². The number of carbonyl (C=O) groups is 2. The molecule has 1 aromatic rings. The summed E-state index contributed by atoms with van der Waals surface area (Å²) in [4.78, 5) is 24.8. The fourth-order valence-corrected chi connectivity index (χ4v) is 6.04. The quantitative estimate of drug-likeness (QED) is 0.699. The van der Waals surface area contributed by atoms with Gasteiger partial charge in [0.25, 0.3) is 0 Å². The van der Waals surface area contributed by atoms with E-state index in [0.717, 1.165) is 12.8 Å². The maximum Gasteiger partial charge on any atom is 0.307 e. The fourth-order valence-electron chi connectivity index (χ4n) is 4.58. The Kier molecular flexibility index (Phi) is 5.46. The van der Waals surface area contributed by atoms with Crippen LogP contribution in [0, 0.1) is 23.7 Å². The number of hydrogen-bond acceptors (Lipinski definition) is 5. The Balaban J connectivity index is 1.54. The number of sulfonamides is 1. The molecule has 2 bridgehead atoms. The lowest BCUT2D eigenvalue weighted by Crippen LogP contribution is -2.47. The van der Waals surface area contributed by atoms with Gasteiger partial charge < -0.3 is 15.2 Å². The van der Waals surface area contributed by atoms with Gasteiger partial charge in [0, 0.05) is 18.8 Å². The van der Waals surface area contributed by atoms with Crippen LogP contribution in [0.3, 0.4) is 0 Å². The first kappa shape index (κ1) is 20.1. The number of carbonyl (C=O) groups excluding carboxylic acids is 1. The normalized spacial score (nSPS) is 29.5. The second-order valence-corrected chi connectivity index (χ2v) is 9.65. The smallest absolute Gasteiger partial charge is 0.307 e. The minimum Gasteiger partial charge on any atom is -0.481 e. The number of amides is 1. The highest BCUT2D eigenvalue weighted by molar-refractivity contribution is 7.89. The summed E-state index contributed by atoms with van der Waals surface area (Å²) in [6.07, 6.45) is 5.41. The molecule has 1 amide bonds. The third-order valence-electron chi connectivity index (χ3n) is 6.05. The molecule has 4 aliphatic rings. The van der Waals surface area contributed by atoms with Crippen molar-refractivity contribution in [3.8, 4) is 0 Å². The molecule has 5 rings (SSSR count). The van der Waals surface area contributed by atoms with Crippen LogP contribution in [0.1, 0.15) is 12.8 Å². The molecule has 0 radical (unpaired) electrons. The number of nitrogens with one attached hydrogen (secondary N) is 1. The van der Waals surface area contributed by atoms with Gasteiger partial charge in [-0.3, -0.25) is 9.59 Å². The number of nitrogens with zero attached hydrogens (tertiary/aromatic N) is 1. The second kappa shape index (κ2) is 7.89. The summed E-state index contributed by atoms with van der Waals surface area (Å²) in [5.74, 6) is -3.00. The van der Waals surface area contributed by atoms with Crippen LogP contribution in [-0.2, 0) is 24.3 Å². The number of rotatable bonds is 5. The van der Waals surface area contributed by atoms with Gasteiger partial charge >= 0.3 is 5.97 Å². The second-order valence-electron chi connectivity index (χ2n) is 7.71. The third-order valence-corrected chi connectivity index (χ3v) is 7.94. The maximum absolute atomic E-state index is 13.0. The lowest BCUT2D eigenvalue weighted by atomic mass is 9.62. The van der Waals surface area contributed by atoms with E-state index in [1.807, 2.05) is 12.2 Å². The molecule has 1 saturated carbocycles. The number of carboxylic acids is 1. The van der Waals surface area contributed by atoms with Gasteiger partial charge in [0.05, 0.1) is 29.9 Å². The van der Waals surface area contributed by atoms with E-state index in [2.05, 4.69) is 5.32 Å². The number of carboxylic acid groups (broad SMARTS) is 1. The van der Waals surface area contributed by atoms with E-state index >= 15 is 0 Å². The highest BCUT2D eigenvalue weighted by Gasteiger charge is 2.48. The zero-order valence-corrected chi connectivity index (χ0v) is 16.7. The summed E-state index contributed by atoms with van der Waals surface area (Å²) in [5.41, 5.74) is 0.346. The average Bonchev–Trinajstić information content (AvgIpc) is 2.74. The first-order valence-electron chi connectivity index (χ1n) is 9.78. The summed E-state index contributed by atoms with van der Waals surface area (Å²) in [7, 11) is -3.68. The molecule has 156 valence electrons. The predicted octanol–water partition coefficient (Wildman–Crippen LogP) is 1.56. The van der Waals surface area contributed by atoms with Crippen molar-refractivity contribution in [2.45, 2.75) is 17.7 Å². The Labute approximate surface area is 169 Å². The molecule has 0 spiro atoms. The number of benzene rings is 1. The predicted molar refractivity (Wildman–Crippen MR) is 105 cm³/mol. The number of aliphatic carboxylic acids is 1. The van der Waals surface area contributed by atoms with E-state index in [0.29, 0.717) is 18.9 Å². The number of fused-ring (bicyclic) bond motifs is 2. The van der Waals surface area contributed by atoms with Gasteiger partial charge in [-0.25, -0.2) is 8.42 Å². The van der Waals surface area contributed by atoms with Crippen molar-refractivity contribution in [2.24, 2.45) is 23.7 Å². The van der Waals surface area contributed by atoms with E-state index in [4.69, 9.17) is 4.74 Å². The van der Waals surface area contributed by atoms with Gasteiger partial charge in [-0.2, -0.15) is 4.31 Å². The first-order chi connectivity index (χ1) is 13.9. The highest BCUT2D eigenvalue weighted by Crippen LogP contribution is 2.45. The summed E-state index contributed by atoms with van der Waals surface area (Å²) in [6, 6.07) is 6.11. The van der Waals surface area contributed by atoms with Crippen molar-refractivity contribution in [3.63, 3.8) is 0 Å². The zero-order chi connectivity index (χ0) is 20.6. The Hall–Kier alpha value is -2.23. The monoisotopic (exact) mass is 420 g/mol. The molecule has 8 nitrogen and oxygen atoms in total. The van der Waals surface area contributed by atoms with Crippen molar-refractivity contribution in [2.75, 3.05) is 31.6 Å². The number of morpholine rings is 1. The van der Waals surface area contributed by atoms with E-state index in [9.17, 15) is 23.1 Å². The molecule has 1 saturated heterocycles. The van der Waals surface area contributed by atoms with E-state index in [1.165, 1.54) is 16.4 Å². The number of allylic oxidation sites excluding steroid dienone is 2. The van der Waals surface area contributed by atoms with Crippen LogP contribution in [0.15, 0.2) is 41.3 Å². The summed E-state index contributed by atoms with van der Waals surface area (Å²) in [5, 5.41) is 12.4. The largest absolute Gasteiger partial charge is 0.481 e. The number of anilines is 1. The van der Waals surface area contributed by atoms with Crippen LogP contribution in [0.25, 0.3) is 0 Å². The average molecular weight is 420 g/mol. The lowest BCUT2D eigenvalue weighted by Gasteiger charge is -2.41. The van der Waals surface area contributed by atoms with Crippen molar-refractivity contribution in [1.29, 1.82) is 0 Å². The molecule has 9 heteroatoms. The first-order valence-corrected chi connectivity index (χ1v) is 11.2. The number of hydrogen-bond donors (Lipinski definition) is 2. The van der Waals surface area contributed by atoms with E-state index in [-0.39, 0.29) is 35.7 Å². The molecular weight excluding hydrogens is 396 g/mol. The van der Waals surface area contributed by atoms with Gasteiger partial charge in [0.15, 0.2) is 0 Å². The van der Waals surface area contributed by atoms with E-state index < -0.39 is 27.8 Å². The van der Waals surface area contributed by atoms with Crippen molar-refractivity contribution in [1.82, 2.24) is 4.31 Å². The summed E-state index contributed by atoms with van der Waals surface area (Å²) >= 11 is 0. The van der Waals surface area contributed by atoms with Gasteiger partial charge in [-0.15, -0.1) is 0 Å². The van der Waals surface area contributed by atoms with Crippen LogP contribution >= 0.6 is 0 Å². The Morgan fingerprint density at radius 3 is 2.34 bits per heavy atom. The third kappa shape index (κ3) is 3.82. The topological polar surface area (TPSA) is 113 Å². The van der Waals surface area contributed by atoms with Crippen LogP contribution in [0.5, 0.6) is 0 Å². The summed E-state index contributed by atoms with van der Waals surface area (Å²) < 4.78 is 32.3. The van der Waals surface area contributed by atoms with Crippen LogP contribution in [-0.4, -0.2) is 56.0 Å². The Morgan fingerprint density at radius 2 is 1.72 bits per heavy atom. The number of ether oxygens (including phenoxy) is 1. The van der Waals surface area contributed by atoms with Crippen LogP contribution in [0.2, 0.25) is 0 Å². The molecular formula is C20H24N2O6S. The Morgan fingerprint density at radius 1 is 1.07 bits per heavy atom. The van der Waals surface area contributed by atoms with Crippen molar-refractivity contribution in [3.05, 3.63) is 36.4 Å². The van der Waals surface area contributed by atoms with Gasteiger partial charge in [-0.05, 0) is 42.9 Å².